The molecule has 0 bridgehead atoms. The Morgan fingerprint density at radius 1 is 1.19 bits per heavy atom. The summed E-state index contributed by atoms with van der Waals surface area (Å²) in [5, 5.41) is 4.74. The molecule has 3 aromatic carbocycles. The van der Waals surface area contributed by atoms with Crippen LogP contribution in [0.2, 0.25) is 5.02 Å². The van der Waals surface area contributed by atoms with E-state index in [1.165, 1.54) is 11.8 Å². The van der Waals surface area contributed by atoms with Gasteiger partial charge < -0.3 is 4.74 Å². The standard InChI is InChI=1S/C23H17BrClN3O2S2/c24-18-11-16(7-10-20(18)30-13-15-5-8-17(25)9-6-15)12-26-28-22(29)14-31-23-27-19-3-1-2-4-21(19)32-23/h1-12H,13-14H2,(H,28,29)/b26-12-. The smallest absolute Gasteiger partial charge is 0.250 e. The van der Waals surface area contributed by atoms with Gasteiger partial charge in [0, 0.05) is 5.02 Å². The van der Waals surface area contributed by atoms with Crippen molar-refractivity contribution in [3.8, 4) is 5.75 Å². The molecule has 0 unspecified atom stereocenters. The van der Waals surface area contributed by atoms with E-state index in [0.29, 0.717) is 17.4 Å². The van der Waals surface area contributed by atoms with Gasteiger partial charge in [-0.05, 0) is 69.5 Å². The van der Waals surface area contributed by atoms with Crippen LogP contribution in [0.1, 0.15) is 11.1 Å². The Morgan fingerprint density at radius 3 is 2.78 bits per heavy atom. The number of hydrazone groups is 1. The predicted octanol–water partition coefficient (Wildman–Crippen LogP) is 6.53. The number of aromatic nitrogens is 1. The van der Waals surface area contributed by atoms with E-state index >= 15 is 0 Å². The van der Waals surface area contributed by atoms with E-state index in [0.717, 1.165) is 30.2 Å². The van der Waals surface area contributed by atoms with Gasteiger partial charge in [0.1, 0.15) is 12.4 Å². The highest BCUT2D eigenvalue weighted by Gasteiger charge is 2.07. The second kappa shape index (κ2) is 11.0. The molecule has 1 heterocycles. The SMILES string of the molecule is O=C(CSc1nc2ccccc2s1)N/N=C\c1ccc(OCc2ccc(Cl)cc2)c(Br)c1. The maximum absolute atomic E-state index is 12.1. The number of nitrogens with one attached hydrogen (secondary N) is 1. The number of benzene rings is 3. The van der Waals surface area contributed by atoms with Crippen LogP contribution < -0.4 is 10.2 Å². The van der Waals surface area contributed by atoms with Gasteiger partial charge >= 0.3 is 0 Å². The maximum atomic E-state index is 12.1. The number of hydrogen-bond donors (Lipinski definition) is 1. The van der Waals surface area contributed by atoms with Crippen LogP contribution >= 0.6 is 50.6 Å². The predicted molar refractivity (Wildman–Crippen MR) is 136 cm³/mol. The minimum Gasteiger partial charge on any atom is -0.488 e. The van der Waals surface area contributed by atoms with Crippen molar-refractivity contribution in [3.63, 3.8) is 0 Å². The summed E-state index contributed by atoms with van der Waals surface area (Å²) in [6, 6.07) is 21.0. The molecule has 32 heavy (non-hydrogen) atoms. The largest absolute Gasteiger partial charge is 0.488 e. The van der Waals surface area contributed by atoms with Crippen LogP contribution in [0.5, 0.6) is 5.75 Å². The number of fused-ring (bicyclic) bond motifs is 1. The summed E-state index contributed by atoms with van der Waals surface area (Å²) in [4.78, 5) is 16.6. The Labute approximate surface area is 207 Å². The molecule has 0 aliphatic rings. The summed E-state index contributed by atoms with van der Waals surface area (Å²) >= 11 is 12.4. The summed E-state index contributed by atoms with van der Waals surface area (Å²) < 4.78 is 8.62. The van der Waals surface area contributed by atoms with Crippen LogP contribution in [-0.2, 0) is 11.4 Å². The van der Waals surface area contributed by atoms with Crippen molar-refractivity contribution >= 4 is 73.0 Å². The molecular formula is C23H17BrClN3O2S2. The highest BCUT2D eigenvalue weighted by atomic mass is 79.9. The van der Waals surface area contributed by atoms with Gasteiger partial charge in [0.05, 0.1) is 26.7 Å². The molecule has 0 aliphatic heterocycles. The van der Waals surface area contributed by atoms with Gasteiger partial charge in [-0.15, -0.1) is 11.3 Å². The van der Waals surface area contributed by atoms with E-state index in [4.69, 9.17) is 16.3 Å². The number of carbonyl (C=O) groups is 1. The van der Waals surface area contributed by atoms with Crippen molar-refractivity contribution in [1.29, 1.82) is 0 Å². The Hall–Kier alpha value is -2.39. The van der Waals surface area contributed by atoms with Crippen molar-refractivity contribution in [2.75, 3.05) is 5.75 Å². The summed E-state index contributed by atoms with van der Waals surface area (Å²) in [5.74, 6) is 0.777. The molecule has 4 aromatic rings. The highest BCUT2D eigenvalue weighted by molar-refractivity contribution is 9.10. The van der Waals surface area contributed by atoms with E-state index in [2.05, 4.69) is 31.4 Å². The normalized spacial score (nSPS) is 11.2. The van der Waals surface area contributed by atoms with Crippen LogP contribution in [0.4, 0.5) is 0 Å². The molecule has 0 saturated heterocycles. The minimum absolute atomic E-state index is 0.188. The molecule has 1 amide bonds. The van der Waals surface area contributed by atoms with Gasteiger partial charge in [0.2, 0.25) is 0 Å². The number of para-hydroxylation sites is 1. The topological polar surface area (TPSA) is 63.6 Å². The number of carbonyl (C=O) groups excluding carboxylic acids is 1. The lowest BCUT2D eigenvalue weighted by atomic mass is 10.2. The first-order valence-electron chi connectivity index (χ1n) is 9.54. The molecule has 4 rings (SSSR count). The number of rotatable bonds is 8. The molecular weight excluding hydrogens is 530 g/mol. The fourth-order valence-corrected chi connectivity index (χ4v) is 5.21. The molecule has 0 atom stereocenters. The van der Waals surface area contributed by atoms with Crippen LogP contribution in [-0.4, -0.2) is 22.9 Å². The summed E-state index contributed by atoms with van der Waals surface area (Å²) in [6.45, 7) is 0.436. The molecule has 0 saturated carbocycles. The van der Waals surface area contributed by atoms with Crippen LogP contribution in [0.25, 0.3) is 10.2 Å². The molecule has 162 valence electrons. The number of ether oxygens (including phenoxy) is 1. The molecule has 0 fully saturated rings. The minimum atomic E-state index is -0.188. The molecule has 0 aliphatic carbocycles. The highest BCUT2D eigenvalue weighted by Crippen LogP contribution is 2.29. The lowest BCUT2D eigenvalue weighted by Gasteiger charge is -2.09. The number of hydrogen-bond acceptors (Lipinski definition) is 6. The number of thioether (sulfide) groups is 1. The van der Waals surface area contributed by atoms with Gasteiger partial charge in [-0.1, -0.05) is 47.6 Å². The number of amides is 1. The van der Waals surface area contributed by atoms with E-state index in [1.54, 1.807) is 17.6 Å². The molecule has 5 nitrogen and oxygen atoms in total. The summed E-state index contributed by atoms with van der Waals surface area (Å²) in [5.41, 5.74) is 5.35. The monoisotopic (exact) mass is 545 g/mol. The van der Waals surface area contributed by atoms with Crippen molar-refractivity contribution in [2.24, 2.45) is 5.10 Å². The van der Waals surface area contributed by atoms with Crippen LogP contribution in [0, 0.1) is 0 Å². The molecule has 1 aromatic heterocycles. The lowest BCUT2D eigenvalue weighted by molar-refractivity contribution is -0.118. The van der Waals surface area contributed by atoms with E-state index < -0.39 is 0 Å². The number of thiazole rings is 1. The molecule has 1 N–H and O–H groups in total. The van der Waals surface area contributed by atoms with Crippen molar-refractivity contribution in [1.82, 2.24) is 10.4 Å². The first kappa shape index (κ1) is 22.8. The second-order valence-electron chi connectivity index (χ2n) is 6.63. The Bertz CT molecular complexity index is 1230. The average molecular weight is 547 g/mol. The van der Waals surface area contributed by atoms with Crippen molar-refractivity contribution < 1.29 is 9.53 Å². The summed E-state index contributed by atoms with van der Waals surface area (Å²) in [6.07, 6.45) is 1.59. The van der Waals surface area contributed by atoms with Crippen LogP contribution in [0.15, 0.2) is 80.6 Å². The zero-order valence-corrected chi connectivity index (χ0v) is 20.6. The van der Waals surface area contributed by atoms with Crippen molar-refractivity contribution in [2.45, 2.75) is 10.9 Å². The Kier molecular flexibility index (Phi) is 7.81. The fourth-order valence-electron chi connectivity index (χ4n) is 2.71. The second-order valence-corrected chi connectivity index (χ2v) is 10.2. The van der Waals surface area contributed by atoms with Gasteiger partial charge in [-0.3, -0.25) is 4.79 Å². The lowest BCUT2D eigenvalue weighted by Crippen LogP contribution is -2.19. The van der Waals surface area contributed by atoms with Gasteiger partial charge in [0.25, 0.3) is 5.91 Å². The first-order chi connectivity index (χ1) is 15.6. The van der Waals surface area contributed by atoms with E-state index in [-0.39, 0.29) is 11.7 Å². The Morgan fingerprint density at radius 2 is 2.00 bits per heavy atom. The third-order valence-electron chi connectivity index (χ3n) is 4.27. The third kappa shape index (κ3) is 6.32. The van der Waals surface area contributed by atoms with Crippen molar-refractivity contribution in [3.05, 3.63) is 87.4 Å². The molecule has 9 heteroatoms. The van der Waals surface area contributed by atoms with Crippen LogP contribution in [0.3, 0.4) is 0 Å². The molecule has 0 spiro atoms. The zero-order valence-electron chi connectivity index (χ0n) is 16.6. The van der Waals surface area contributed by atoms with Gasteiger partial charge in [0.15, 0.2) is 4.34 Å². The number of nitrogens with zero attached hydrogens (tertiary/aromatic N) is 2. The summed E-state index contributed by atoms with van der Waals surface area (Å²) in [7, 11) is 0. The van der Waals surface area contributed by atoms with E-state index in [1.807, 2.05) is 66.7 Å². The number of halogens is 2. The average Bonchev–Trinajstić information content (AvgIpc) is 3.21. The van der Waals surface area contributed by atoms with Gasteiger partial charge in [-0.25, -0.2) is 10.4 Å². The first-order valence-corrected chi connectivity index (χ1v) is 12.5. The fraction of sp³-hybridized carbons (Fsp3) is 0.0870. The third-order valence-corrected chi connectivity index (χ3v) is 7.32. The maximum Gasteiger partial charge on any atom is 0.250 e. The van der Waals surface area contributed by atoms with E-state index in [9.17, 15) is 4.79 Å². The van der Waals surface area contributed by atoms with Gasteiger partial charge in [-0.2, -0.15) is 5.10 Å². The Balaban J connectivity index is 1.25. The quantitative estimate of drug-likeness (QED) is 0.155. The molecule has 0 radical (unpaired) electrons. The zero-order chi connectivity index (χ0) is 22.3.